The minimum atomic E-state index is -0.123. The Morgan fingerprint density at radius 3 is 2.73 bits per heavy atom. The van der Waals surface area contributed by atoms with Gasteiger partial charge in [0.25, 0.3) is 0 Å². The van der Waals surface area contributed by atoms with Gasteiger partial charge in [-0.15, -0.1) is 0 Å². The number of ether oxygens (including phenoxy) is 1. The molecule has 88 valence electrons. The molecule has 2 amide bonds. The van der Waals surface area contributed by atoms with E-state index in [0.29, 0.717) is 13.1 Å². The predicted octanol–water partition coefficient (Wildman–Crippen LogP) is 1.61. The first-order chi connectivity index (χ1) is 6.92. The van der Waals surface area contributed by atoms with Crippen LogP contribution in [0.5, 0.6) is 0 Å². The number of likely N-dealkylation sites (tertiary alicyclic amines) is 1. The van der Waals surface area contributed by atoms with Crippen molar-refractivity contribution in [2.45, 2.75) is 45.8 Å². The normalized spacial score (nSPS) is 21.9. The van der Waals surface area contributed by atoms with Crippen molar-refractivity contribution >= 4 is 6.03 Å². The number of amides is 2. The number of carbonyl (C=O) groups excluding carboxylic acids is 1. The molecule has 1 aliphatic rings. The summed E-state index contributed by atoms with van der Waals surface area (Å²) in [6, 6.07) is 0.0255. The first kappa shape index (κ1) is 12.3. The molecule has 1 fully saturated rings. The molecule has 0 aromatic rings. The average molecular weight is 214 g/mol. The summed E-state index contributed by atoms with van der Waals surface area (Å²) in [7, 11) is 0. The van der Waals surface area contributed by atoms with Gasteiger partial charge >= 0.3 is 6.03 Å². The molecule has 0 aliphatic carbocycles. The highest BCUT2D eigenvalue weighted by atomic mass is 16.5. The lowest BCUT2D eigenvalue weighted by Gasteiger charge is -2.25. The van der Waals surface area contributed by atoms with Gasteiger partial charge in [-0.05, 0) is 34.1 Å². The molecule has 1 rings (SSSR count). The van der Waals surface area contributed by atoms with Crippen LogP contribution in [0.2, 0.25) is 0 Å². The van der Waals surface area contributed by atoms with Crippen molar-refractivity contribution in [1.29, 1.82) is 0 Å². The molecule has 0 aromatic heterocycles. The van der Waals surface area contributed by atoms with Gasteiger partial charge in [-0.2, -0.15) is 0 Å². The molecule has 4 nitrogen and oxygen atoms in total. The second-order valence-electron chi connectivity index (χ2n) is 4.92. The highest BCUT2D eigenvalue weighted by Gasteiger charge is 2.29. The minimum Gasteiger partial charge on any atom is -0.371 e. The summed E-state index contributed by atoms with van der Waals surface area (Å²) in [6.07, 6.45) is 1.13. The predicted molar refractivity (Wildman–Crippen MR) is 59.9 cm³/mol. The topological polar surface area (TPSA) is 41.6 Å². The smallest absolute Gasteiger partial charge is 0.317 e. The number of nitrogens with zero attached hydrogens (tertiary/aromatic N) is 1. The van der Waals surface area contributed by atoms with Gasteiger partial charge in [-0.25, -0.2) is 4.79 Å². The van der Waals surface area contributed by atoms with Gasteiger partial charge in [0.2, 0.25) is 0 Å². The van der Waals surface area contributed by atoms with Crippen LogP contribution >= 0.6 is 0 Å². The van der Waals surface area contributed by atoms with E-state index in [2.05, 4.69) is 5.32 Å². The zero-order valence-electron chi connectivity index (χ0n) is 10.2. The van der Waals surface area contributed by atoms with Gasteiger partial charge in [0.05, 0.1) is 11.7 Å². The maximum Gasteiger partial charge on any atom is 0.317 e. The Kier molecular flexibility index (Phi) is 3.97. The van der Waals surface area contributed by atoms with E-state index in [9.17, 15) is 4.79 Å². The monoisotopic (exact) mass is 214 g/mol. The van der Waals surface area contributed by atoms with E-state index < -0.39 is 0 Å². The lowest BCUT2D eigenvalue weighted by Crippen LogP contribution is -2.39. The lowest BCUT2D eigenvalue weighted by atomic mass is 10.2. The van der Waals surface area contributed by atoms with Crippen LogP contribution in [0.3, 0.4) is 0 Å². The molecule has 1 saturated heterocycles. The zero-order chi connectivity index (χ0) is 11.5. The van der Waals surface area contributed by atoms with Crippen LogP contribution in [0.1, 0.15) is 34.1 Å². The Bertz CT molecular complexity index is 223. The second-order valence-corrected chi connectivity index (χ2v) is 4.92. The maximum absolute atomic E-state index is 11.5. The molecule has 4 heteroatoms. The van der Waals surface area contributed by atoms with Gasteiger partial charge < -0.3 is 15.0 Å². The Morgan fingerprint density at radius 2 is 2.20 bits per heavy atom. The quantitative estimate of drug-likeness (QED) is 0.758. The van der Waals surface area contributed by atoms with E-state index in [0.717, 1.165) is 13.0 Å². The van der Waals surface area contributed by atoms with Crippen molar-refractivity contribution in [2.75, 3.05) is 19.6 Å². The number of nitrogens with one attached hydrogen (secondary N) is 1. The summed E-state index contributed by atoms with van der Waals surface area (Å²) in [5.41, 5.74) is -0.123. The number of hydrogen-bond acceptors (Lipinski definition) is 2. The van der Waals surface area contributed by atoms with E-state index in [4.69, 9.17) is 4.74 Å². The standard InChI is InChI=1S/C11H22N2O2/c1-5-12-10(14)13-7-6-9(8-13)15-11(2,3)4/h9H,5-8H2,1-4H3,(H,12,14). The van der Waals surface area contributed by atoms with Crippen LogP contribution in [0.4, 0.5) is 4.79 Å². The Hall–Kier alpha value is -0.770. The molecule has 0 bridgehead atoms. The van der Waals surface area contributed by atoms with E-state index >= 15 is 0 Å². The first-order valence-electron chi connectivity index (χ1n) is 5.63. The fraction of sp³-hybridized carbons (Fsp3) is 0.909. The molecule has 1 heterocycles. The van der Waals surface area contributed by atoms with E-state index in [1.807, 2.05) is 32.6 Å². The minimum absolute atomic E-state index is 0.0255. The summed E-state index contributed by atoms with van der Waals surface area (Å²) >= 11 is 0. The van der Waals surface area contributed by atoms with Crippen LogP contribution in [0, 0.1) is 0 Å². The molecule has 15 heavy (non-hydrogen) atoms. The van der Waals surface area contributed by atoms with E-state index in [1.165, 1.54) is 0 Å². The lowest BCUT2D eigenvalue weighted by molar-refractivity contribution is -0.0527. The van der Waals surface area contributed by atoms with Crippen LogP contribution in [0.25, 0.3) is 0 Å². The molecular weight excluding hydrogens is 192 g/mol. The number of rotatable bonds is 2. The molecule has 1 aliphatic heterocycles. The highest BCUT2D eigenvalue weighted by molar-refractivity contribution is 5.74. The second kappa shape index (κ2) is 4.84. The molecule has 0 radical (unpaired) electrons. The summed E-state index contributed by atoms with van der Waals surface area (Å²) in [6.45, 7) is 10.2. The summed E-state index contributed by atoms with van der Waals surface area (Å²) in [5, 5.41) is 2.80. The van der Waals surface area contributed by atoms with E-state index in [1.54, 1.807) is 0 Å². The molecule has 0 aromatic carbocycles. The van der Waals surface area contributed by atoms with Crippen molar-refractivity contribution in [3.63, 3.8) is 0 Å². The van der Waals surface area contributed by atoms with Crippen molar-refractivity contribution < 1.29 is 9.53 Å². The van der Waals surface area contributed by atoms with Crippen molar-refractivity contribution in [3.8, 4) is 0 Å². The van der Waals surface area contributed by atoms with Crippen molar-refractivity contribution in [2.24, 2.45) is 0 Å². The largest absolute Gasteiger partial charge is 0.371 e. The first-order valence-corrected chi connectivity index (χ1v) is 5.63. The van der Waals surface area contributed by atoms with Gasteiger partial charge in [0.15, 0.2) is 0 Å². The van der Waals surface area contributed by atoms with Gasteiger partial charge in [-0.3, -0.25) is 0 Å². The molecule has 1 atom stereocenters. The van der Waals surface area contributed by atoms with Gasteiger partial charge in [-0.1, -0.05) is 0 Å². The number of carbonyl (C=O) groups is 1. The number of urea groups is 1. The van der Waals surface area contributed by atoms with Crippen LogP contribution in [-0.2, 0) is 4.74 Å². The van der Waals surface area contributed by atoms with Gasteiger partial charge in [0, 0.05) is 19.6 Å². The highest BCUT2D eigenvalue weighted by Crippen LogP contribution is 2.19. The van der Waals surface area contributed by atoms with Crippen LogP contribution in [-0.4, -0.2) is 42.3 Å². The number of hydrogen-bond donors (Lipinski definition) is 1. The molecular formula is C11H22N2O2. The molecule has 1 N–H and O–H groups in total. The molecule has 0 spiro atoms. The summed E-state index contributed by atoms with van der Waals surface area (Å²) in [4.78, 5) is 13.3. The molecule has 0 saturated carbocycles. The zero-order valence-corrected chi connectivity index (χ0v) is 10.2. The third-order valence-corrected chi connectivity index (χ3v) is 2.28. The summed E-state index contributed by atoms with van der Waals surface area (Å²) < 4.78 is 5.84. The third-order valence-electron chi connectivity index (χ3n) is 2.28. The Balaban J connectivity index is 2.36. The molecule has 1 unspecified atom stereocenters. The SMILES string of the molecule is CCNC(=O)N1CCC(OC(C)(C)C)C1. The fourth-order valence-corrected chi connectivity index (χ4v) is 1.77. The van der Waals surface area contributed by atoms with Gasteiger partial charge in [0.1, 0.15) is 0 Å². The Labute approximate surface area is 92.0 Å². The van der Waals surface area contributed by atoms with E-state index in [-0.39, 0.29) is 17.7 Å². The average Bonchev–Trinajstić information content (AvgIpc) is 2.50. The summed E-state index contributed by atoms with van der Waals surface area (Å²) in [5.74, 6) is 0. The third kappa shape index (κ3) is 4.08. The van der Waals surface area contributed by atoms with Crippen molar-refractivity contribution in [1.82, 2.24) is 10.2 Å². The van der Waals surface area contributed by atoms with Crippen molar-refractivity contribution in [3.05, 3.63) is 0 Å². The van der Waals surface area contributed by atoms with Crippen LogP contribution in [0.15, 0.2) is 0 Å². The maximum atomic E-state index is 11.5. The van der Waals surface area contributed by atoms with Crippen LogP contribution < -0.4 is 5.32 Å². The Morgan fingerprint density at radius 1 is 1.53 bits per heavy atom. The fourth-order valence-electron chi connectivity index (χ4n) is 1.77.